The predicted molar refractivity (Wildman–Crippen MR) is 121 cm³/mol. The lowest BCUT2D eigenvalue weighted by Gasteiger charge is -2.12. The summed E-state index contributed by atoms with van der Waals surface area (Å²) < 4.78 is 10.1. The van der Waals surface area contributed by atoms with Crippen molar-refractivity contribution in [3.63, 3.8) is 0 Å². The van der Waals surface area contributed by atoms with Crippen LogP contribution in [-0.4, -0.2) is 24.0 Å². The summed E-state index contributed by atoms with van der Waals surface area (Å²) >= 11 is 1.62. The summed E-state index contributed by atoms with van der Waals surface area (Å²) in [5.74, 6) is -0.0430. The zero-order chi connectivity index (χ0) is 21.8. The fourth-order valence-corrected chi connectivity index (χ4v) is 3.79. The summed E-state index contributed by atoms with van der Waals surface area (Å²) in [5.41, 5.74) is 3.12. The molecule has 2 aromatic heterocycles. The van der Waals surface area contributed by atoms with Gasteiger partial charge in [-0.1, -0.05) is 17.8 Å². The number of nitrogens with one attached hydrogen (secondary N) is 1. The van der Waals surface area contributed by atoms with Gasteiger partial charge in [-0.3, -0.25) is 9.59 Å². The Bertz CT molecular complexity index is 1230. The van der Waals surface area contributed by atoms with Gasteiger partial charge < -0.3 is 14.6 Å². The number of benzene rings is 2. The largest absolute Gasteiger partial charge is 0.496 e. The number of aromatic nitrogens is 1. The number of Topliss-reactive ketones (excluding diaryl/α,β-unsaturated/α-hetero) is 1. The first-order chi connectivity index (χ1) is 15.1. The van der Waals surface area contributed by atoms with Crippen LogP contribution in [0.2, 0.25) is 0 Å². The Hall–Kier alpha value is -3.97. The molecule has 0 saturated heterocycles. The van der Waals surface area contributed by atoms with Gasteiger partial charge in [0.1, 0.15) is 12.0 Å². The number of ketones is 1. The van der Waals surface area contributed by atoms with Gasteiger partial charge in [-0.25, -0.2) is 0 Å². The van der Waals surface area contributed by atoms with Crippen molar-refractivity contribution < 1.29 is 18.8 Å². The maximum absolute atomic E-state index is 13.1. The van der Waals surface area contributed by atoms with E-state index >= 15 is 0 Å². The lowest BCUT2D eigenvalue weighted by atomic mass is 9.95. The van der Waals surface area contributed by atoms with E-state index in [9.17, 15) is 9.59 Å². The maximum Gasteiger partial charge on any atom is 0.277 e. The molecule has 31 heavy (non-hydrogen) atoms. The highest BCUT2D eigenvalue weighted by molar-refractivity contribution is 7.13. The molecule has 0 atom stereocenters. The van der Waals surface area contributed by atoms with Crippen LogP contribution in [0.25, 0.3) is 16.0 Å². The molecule has 0 aliphatic carbocycles. The summed E-state index contributed by atoms with van der Waals surface area (Å²) in [6, 6.07) is 17.8. The molecule has 6 nitrogen and oxygen atoms in total. The van der Waals surface area contributed by atoms with Crippen LogP contribution in [0.1, 0.15) is 26.4 Å². The zero-order valence-corrected chi connectivity index (χ0v) is 17.4. The molecule has 0 bridgehead atoms. The first kappa shape index (κ1) is 20.3. The van der Waals surface area contributed by atoms with Gasteiger partial charge in [-0.2, -0.15) is 0 Å². The van der Waals surface area contributed by atoms with E-state index in [0.717, 1.165) is 10.4 Å². The third-order valence-electron chi connectivity index (χ3n) is 4.68. The Labute approximate surface area is 182 Å². The number of carbonyl (C=O) groups excluding carboxylic acids is 2. The van der Waals surface area contributed by atoms with E-state index in [1.54, 1.807) is 42.7 Å². The van der Waals surface area contributed by atoms with Crippen LogP contribution in [0.15, 0.2) is 83.4 Å². The summed E-state index contributed by atoms with van der Waals surface area (Å²) in [6.45, 7) is 4.02. The Morgan fingerprint density at radius 2 is 1.90 bits per heavy atom. The van der Waals surface area contributed by atoms with Crippen LogP contribution in [0.3, 0.4) is 0 Å². The zero-order valence-electron chi connectivity index (χ0n) is 16.6. The number of thiophene rings is 1. The van der Waals surface area contributed by atoms with Crippen molar-refractivity contribution >= 4 is 34.3 Å². The van der Waals surface area contributed by atoms with Crippen LogP contribution >= 0.6 is 11.3 Å². The molecule has 4 rings (SSSR count). The van der Waals surface area contributed by atoms with Crippen molar-refractivity contribution in [1.29, 1.82) is 0 Å². The van der Waals surface area contributed by atoms with Crippen molar-refractivity contribution in [2.75, 3.05) is 12.4 Å². The van der Waals surface area contributed by atoms with Gasteiger partial charge >= 0.3 is 0 Å². The van der Waals surface area contributed by atoms with Crippen LogP contribution in [0, 0.1) is 0 Å². The SMILES string of the molecule is C=C(C(=O)c1ccc(NC(=O)c2ccon2)cc1)c1cc(-c2cccs2)ccc1OC. The van der Waals surface area contributed by atoms with Crippen LogP contribution < -0.4 is 10.1 Å². The molecule has 7 heteroatoms. The quantitative estimate of drug-likeness (QED) is 0.307. The molecular formula is C24H18N2O4S. The fraction of sp³-hybridized carbons (Fsp3) is 0.0417. The van der Waals surface area contributed by atoms with E-state index in [1.165, 1.54) is 12.3 Å². The second kappa shape index (κ2) is 8.81. The van der Waals surface area contributed by atoms with E-state index < -0.39 is 5.91 Å². The third kappa shape index (κ3) is 4.31. The molecule has 0 spiro atoms. The number of carbonyl (C=O) groups is 2. The molecule has 2 aromatic carbocycles. The fourth-order valence-electron chi connectivity index (χ4n) is 3.07. The van der Waals surface area contributed by atoms with Crippen molar-refractivity contribution in [3.05, 3.63) is 95.7 Å². The number of rotatable bonds is 7. The monoisotopic (exact) mass is 430 g/mol. The van der Waals surface area contributed by atoms with E-state index in [1.807, 2.05) is 35.7 Å². The third-order valence-corrected chi connectivity index (χ3v) is 5.60. The van der Waals surface area contributed by atoms with Gasteiger partial charge in [-0.05, 0) is 59.5 Å². The number of allylic oxidation sites excluding steroid dienone is 1. The number of anilines is 1. The predicted octanol–water partition coefficient (Wildman–Crippen LogP) is 5.56. The Morgan fingerprint density at radius 3 is 2.55 bits per heavy atom. The van der Waals surface area contributed by atoms with Crippen LogP contribution in [0.5, 0.6) is 5.75 Å². The molecule has 1 N–H and O–H groups in total. The smallest absolute Gasteiger partial charge is 0.277 e. The molecular weight excluding hydrogens is 412 g/mol. The maximum atomic E-state index is 13.1. The minimum atomic E-state index is -0.396. The number of hydrogen-bond acceptors (Lipinski definition) is 6. The average molecular weight is 430 g/mol. The lowest BCUT2D eigenvalue weighted by Crippen LogP contribution is -2.12. The van der Waals surface area contributed by atoms with Gasteiger partial charge in [0.25, 0.3) is 5.91 Å². The van der Waals surface area contributed by atoms with Crippen molar-refractivity contribution in [2.45, 2.75) is 0 Å². The van der Waals surface area contributed by atoms with Crippen molar-refractivity contribution in [3.8, 4) is 16.2 Å². The molecule has 0 saturated carbocycles. The highest BCUT2D eigenvalue weighted by atomic mass is 32.1. The summed E-state index contributed by atoms with van der Waals surface area (Å²) in [7, 11) is 1.56. The Kier molecular flexibility index (Phi) is 5.77. The van der Waals surface area contributed by atoms with E-state index in [2.05, 4.69) is 21.6 Å². The number of hydrogen-bond donors (Lipinski definition) is 1. The molecule has 0 fully saturated rings. The minimum Gasteiger partial charge on any atom is -0.496 e. The topological polar surface area (TPSA) is 81.4 Å². The Balaban J connectivity index is 1.55. The van der Waals surface area contributed by atoms with Crippen LogP contribution in [0.4, 0.5) is 5.69 Å². The number of ether oxygens (including phenoxy) is 1. The van der Waals surface area contributed by atoms with Gasteiger partial charge in [0, 0.05) is 33.3 Å². The molecule has 0 unspecified atom stereocenters. The number of methoxy groups -OCH3 is 1. The van der Waals surface area contributed by atoms with Crippen molar-refractivity contribution in [2.24, 2.45) is 0 Å². The summed E-state index contributed by atoms with van der Waals surface area (Å²) in [6.07, 6.45) is 1.32. The Morgan fingerprint density at radius 1 is 1.10 bits per heavy atom. The first-order valence-electron chi connectivity index (χ1n) is 9.34. The average Bonchev–Trinajstić information content (AvgIpc) is 3.53. The van der Waals surface area contributed by atoms with Gasteiger partial charge in [0.15, 0.2) is 11.5 Å². The highest BCUT2D eigenvalue weighted by Crippen LogP contribution is 2.34. The van der Waals surface area contributed by atoms with Gasteiger partial charge in [0.2, 0.25) is 0 Å². The molecule has 0 aliphatic heterocycles. The van der Waals surface area contributed by atoms with Crippen LogP contribution in [-0.2, 0) is 0 Å². The van der Waals surface area contributed by atoms with E-state index in [0.29, 0.717) is 28.1 Å². The van der Waals surface area contributed by atoms with Gasteiger partial charge in [-0.15, -0.1) is 11.3 Å². The second-order valence-corrected chi connectivity index (χ2v) is 7.56. The molecule has 0 radical (unpaired) electrons. The number of nitrogens with zero attached hydrogens (tertiary/aromatic N) is 1. The second-order valence-electron chi connectivity index (χ2n) is 6.62. The number of amides is 1. The molecule has 1 amide bonds. The van der Waals surface area contributed by atoms with E-state index in [4.69, 9.17) is 4.74 Å². The molecule has 0 aliphatic rings. The molecule has 154 valence electrons. The summed E-state index contributed by atoms with van der Waals surface area (Å²) in [4.78, 5) is 26.2. The van der Waals surface area contributed by atoms with Gasteiger partial charge in [0.05, 0.1) is 7.11 Å². The highest BCUT2D eigenvalue weighted by Gasteiger charge is 2.18. The lowest BCUT2D eigenvalue weighted by molar-refractivity contribution is 0.101. The van der Waals surface area contributed by atoms with E-state index in [-0.39, 0.29) is 11.5 Å². The molecule has 2 heterocycles. The minimum absolute atomic E-state index is 0.172. The summed E-state index contributed by atoms with van der Waals surface area (Å²) in [5, 5.41) is 8.29. The van der Waals surface area contributed by atoms with Crippen molar-refractivity contribution in [1.82, 2.24) is 5.16 Å². The standard InChI is InChI=1S/C24H18N2O4S/c1-15(19-14-17(7-10-21(19)29-2)22-4-3-13-31-22)23(27)16-5-8-18(9-6-16)25-24(28)20-11-12-30-26-20/h3-14H,1H2,2H3,(H,25,28). The molecule has 4 aromatic rings. The normalized spacial score (nSPS) is 10.5. The first-order valence-corrected chi connectivity index (χ1v) is 10.2.